The lowest BCUT2D eigenvalue weighted by molar-refractivity contribution is 0.108. The molecule has 0 amide bonds. The number of nitrogens with zero attached hydrogens (tertiary/aromatic N) is 1. The average molecular weight is 242 g/mol. The molecule has 0 aliphatic heterocycles. The highest BCUT2D eigenvalue weighted by molar-refractivity contribution is 4.79. The van der Waals surface area contributed by atoms with Crippen molar-refractivity contribution >= 4 is 0 Å². The monoisotopic (exact) mass is 242 g/mol. The van der Waals surface area contributed by atoms with Crippen LogP contribution in [0.5, 0.6) is 0 Å². The molecule has 0 aromatic carbocycles. The molecule has 0 saturated heterocycles. The second-order valence-corrected chi connectivity index (χ2v) is 5.15. The molecule has 1 aliphatic carbocycles. The highest BCUT2D eigenvalue weighted by Crippen LogP contribution is 2.25. The summed E-state index contributed by atoms with van der Waals surface area (Å²) in [6.07, 6.45) is 6.84. The van der Waals surface area contributed by atoms with E-state index in [1.54, 1.807) is 0 Å². The van der Waals surface area contributed by atoms with Gasteiger partial charge in [0.1, 0.15) is 0 Å². The molecule has 0 radical (unpaired) electrons. The Kier molecular flexibility index (Phi) is 7.82. The molecule has 1 fully saturated rings. The Morgan fingerprint density at radius 2 is 1.94 bits per heavy atom. The van der Waals surface area contributed by atoms with Crippen molar-refractivity contribution in [1.82, 2.24) is 4.90 Å². The van der Waals surface area contributed by atoms with Crippen molar-refractivity contribution in [1.29, 1.82) is 0 Å². The van der Waals surface area contributed by atoms with E-state index in [0.717, 1.165) is 38.8 Å². The number of ether oxygens (including phenoxy) is 1. The Morgan fingerprint density at radius 3 is 2.53 bits per heavy atom. The largest absolute Gasteiger partial charge is 0.380 e. The van der Waals surface area contributed by atoms with Crippen LogP contribution < -0.4 is 5.73 Å². The Labute approximate surface area is 107 Å². The van der Waals surface area contributed by atoms with Gasteiger partial charge in [0.05, 0.1) is 6.61 Å². The summed E-state index contributed by atoms with van der Waals surface area (Å²) in [5, 5.41) is 0. The van der Waals surface area contributed by atoms with Gasteiger partial charge in [-0.1, -0.05) is 26.2 Å². The number of hydrogen-bond donors (Lipinski definition) is 1. The summed E-state index contributed by atoms with van der Waals surface area (Å²) in [6, 6.07) is 0.358. The summed E-state index contributed by atoms with van der Waals surface area (Å²) in [5.74, 6) is 0.755. The van der Waals surface area contributed by atoms with Crippen molar-refractivity contribution < 1.29 is 4.74 Å². The van der Waals surface area contributed by atoms with E-state index in [4.69, 9.17) is 10.5 Å². The Hall–Kier alpha value is -0.120. The van der Waals surface area contributed by atoms with E-state index in [-0.39, 0.29) is 0 Å². The molecule has 17 heavy (non-hydrogen) atoms. The van der Waals surface area contributed by atoms with Crippen molar-refractivity contribution in [2.24, 2.45) is 11.7 Å². The zero-order chi connectivity index (χ0) is 12.5. The zero-order valence-corrected chi connectivity index (χ0v) is 11.7. The van der Waals surface area contributed by atoms with Crippen LogP contribution in [0.3, 0.4) is 0 Å². The first-order valence-corrected chi connectivity index (χ1v) is 7.33. The Morgan fingerprint density at radius 1 is 1.24 bits per heavy atom. The molecule has 1 saturated carbocycles. The maximum absolute atomic E-state index is 6.35. The van der Waals surface area contributed by atoms with Crippen LogP contribution in [0, 0.1) is 5.92 Å². The number of hydrogen-bond acceptors (Lipinski definition) is 3. The summed E-state index contributed by atoms with van der Waals surface area (Å²) >= 11 is 0. The van der Waals surface area contributed by atoms with E-state index in [9.17, 15) is 0 Å². The minimum absolute atomic E-state index is 0.358. The zero-order valence-electron chi connectivity index (χ0n) is 11.7. The van der Waals surface area contributed by atoms with Crippen LogP contribution in [-0.2, 0) is 4.74 Å². The quantitative estimate of drug-likeness (QED) is 0.664. The van der Waals surface area contributed by atoms with E-state index in [1.165, 1.54) is 32.1 Å². The molecule has 1 rings (SSSR count). The van der Waals surface area contributed by atoms with Crippen LogP contribution in [0.25, 0.3) is 0 Å². The fraction of sp³-hybridized carbons (Fsp3) is 1.00. The van der Waals surface area contributed by atoms with Gasteiger partial charge in [0, 0.05) is 25.7 Å². The first-order valence-electron chi connectivity index (χ1n) is 7.33. The van der Waals surface area contributed by atoms with Gasteiger partial charge in [0.25, 0.3) is 0 Å². The van der Waals surface area contributed by atoms with Gasteiger partial charge in [0.15, 0.2) is 0 Å². The van der Waals surface area contributed by atoms with Gasteiger partial charge >= 0.3 is 0 Å². The third-order valence-electron chi connectivity index (χ3n) is 3.93. The molecule has 2 N–H and O–H groups in total. The van der Waals surface area contributed by atoms with Gasteiger partial charge in [0.2, 0.25) is 0 Å². The fourth-order valence-corrected chi connectivity index (χ4v) is 2.73. The first-order chi connectivity index (χ1) is 8.27. The van der Waals surface area contributed by atoms with E-state index < -0.39 is 0 Å². The lowest BCUT2D eigenvalue weighted by Crippen LogP contribution is -2.43. The predicted molar refractivity (Wildman–Crippen MR) is 73.2 cm³/mol. The molecule has 0 bridgehead atoms. The van der Waals surface area contributed by atoms with E-state index >= 15 is 0 Å². The maximum Gasteiger partial charge on any atom is 0.0593 e. The molecular formula is C14H30N2O. The van der Waals surface area contributed by atoms with Crippen molar-refractivity contribution in [3.8, 4) is 0 Å². The molecule has 0 aromatic heterocycles. The smallest absolute Gasteiger partial charge is 0.0593 e. The van der Waals surface area contributed by atoms with Crippen molar-refractivity contribution in [3.63, 3.8) is 0 Å². The minimum Gasteiger partial charge on any atom is -0.380 e. The van der Waals surface area contributed by atoms with Crippen LogP contribution >= 0.6 is 0 Å². The normalized spacial score (nSPS) is 19.8. The molecule has 1 atom stereocenters. The van der Waals surface area contributed by atoms with Crippen LogP contribution in [0.2, 0.25) is 0 Å². The van der Waals surface area contributed by atoms with Crippen LogP contribution in [-0.4, -0.2) is 43.8 Å². The molecule has 1 aliphatic rings. The molecule has 1 unspecified atom stereocenters. The number of likely N-dealkylation sites (N-methyl/N-ethyl adjacent to an activating group) is 1. The average Bonchev–Trinajstić information content (AvgIpc) is 2.38. The van der Waals surface area contributed by atoms with Crippen molar-refractivity contribution in [2.75, 3.05) is 32.8 Å². The van der Waals surface area contributed by atoms with Gasteiger partial charge in [-0.15, -0.1) is 0 Å². The van der Waals surface area contributed by atoms with Gasteiger partial charge in [-0.2, -0.15) is 0 Å². The number of nitrogens with two attached hydrogens (primary N) is 1. The third kappa shape index (κ3) is 5.84. The van der Waals surface area contributed by atoms with Crippen molar-refractivity contribution in [3.05, 3.63) is 0 Å². The molecular weight excluding hydrogens is 212 g/mol. The minimum atomic E-state index is 0.358. The molecule has 3 nitrogen and oxygen atoms in total. The van der Waals surface area contributed by atoms with Gasteiger partial charge in [-0.25, -0.2) is 0 Å². The lowest BCUT2D eigenvalue weighted by atomic mass is 9.84. The lowest BCUT2D eigenvalue weighted by Gasteiger charge is -2.31. The van der Waals surface area contributed by atoms with Crippen LogP contribution in [0.4, 0.5) is 0 Å². The number of rotatable bonds is 8. The summed E-state index contributed by atoms with van der Waals surface area (Å²) in [5.41, 5.74) is 6.35. The van der Waals surface area contributed by atoms with E-state index in [1.807, 2.05) is 6.92 Å². The summed E-state index contributed by atoms with van der Waals surface area (Å²) in [6.45, 7) is 9.03. The van der Waals surface area contributed by atoms with E-state index in [2.05, 4.69) is 11.8 Å². The topological polar surface area (TPSA) is 38.5 Å². The van der Waals surface area contributed by atoms with Crippen LogP contribution in [0.1, 0.15) is 46.0 Å². The van der Waals surface area contributed by atoms with Gasteiger partial charge in [-0.3, -0.25) is 4.90 Å². The third-order valence-corrected chi connectivity index (χ3v) is 3.93. The SMILES string of the molecule is CCOCCN(CC)CC(N)C1CCCCC1. The first kappa shape index (κ1) is 14.9. The summed E-state index contributed by atoms with van der Waals surface area (Å²) < 4.78 is 5.41. The molecule has 102 valence electrons. The van der Waals surface area contributed by atoms with Crippen LogP contribution in [0.15, 0.2) is 0 Å². The fourth-order valence-electron chi connectivity index (χ4n) is 2.73. The van der Waals surface area contributed by atoms with Crippen molar-refractivity contribution in [2.45, 2.75) is 52.0 Å². The summed E-state index contributed by atoms with van der Waals surface area (Å²) in [4.78, 5) is 2.43. The van der Waals surface area contributed by atoms with Gasteiger partial charge < -0.3 is 10.5 Å². The van der Waals surface area contributed by atoms with Gasteiger partial charge in [-0.05, 0) is 32.2 Å². The second-order valence-electron chi connectivity index (χ2n) is 5.15. The molecule has 0 heterocycles. The molecule has 0 spiro atoms. The van der Waals surface area contributed by atoms with E-state index in [0.29, 0.717) is 6.04 Å². The highest BCUT2D eigenvalue weighted by Gasteiger charge is 2.21. The Balaban J connectivity index is 2.22. The standard InChI is InChI=1S/C14H30N2O/c1-3-16(10-11-17-4-2)12-14(15)13-8-6-5-7-9-13/h13-14H,3-12,15H2,1-2H3. The summed E-state index contributed by atoms with van der Waals surface area (Å²) in [7, 11) is 0. The highest BCUT2D eigenvalue weighted by atomic mass is 16.5. The molecule has 0 aromatic rings. The Bertz CT molecular complexity index is 181. The molecule has 3 heteroatoms. The second kappa shape index (κ2) is 8.90. The maximum atomic E-state index is 6.35. The predicted octanol–water partition coefficient (Wildman–Crippen LogP) is 2.25.